The van der Waals surface area contributed by atoms with E-state index in [9.17, 15) is 31.1 Å². The molecule has 0 bridgehead atoms. The van der Waals surface area contributed by atoms with Gasteiger partial charge < -0.3 is 9.80 Å². The van der Waals surface area contributed by atoms with Gasteiger partial charge in [0.05, 0.1) is 21.2 Å². The number of likely N-dealkylation sites (N-methyl/N-ethyl adjacent to an activating group) is 1. The molecule has 0 saturated carbocycles. The van der Waals surface area contributed by atoms with Crippen molar-refractivity contribution in [3.05, 3.63) is 68.7 Å². The maximum absolute atomic E-state index is 13.3. The van der Waals surface area contributed by atoms with E-state index in [1.54, 1.807) is 18.2 Å². The van der Waals surface area contributed by atoms with Crippen LogP contribution in [0.2, 0.25) is 10.0 Å². The summed E-state index contributed by atoms with van der Waals surface area (Å²) < 4.78 is 80.0. The lowest BCUT2D eigenvalue weighted by Gasteiger charge is -2.47. The Balaban J connectivity index is 1.49. The van der Waals surface area contributed by atoms with Crippen molar-refractivity contribution in [1.82, 2.24) is 14.7 Å². The van der Waals surface area contributed by atoms with Crippen molar-refractivity contribution in [3.63, 3.8) is 0 Å². The van der Waals surface area contributed by atoms with Gasteiger partial charge in [0, 0.05) is 68.8 Å². The van der Waals surface area contributed by atoms with Crippen LogP contribution in [0, 0.1) is 0 Å². The van der Waals surface area contributed by atoms with Crippen LogP contribution in [0.15, 0.2) is 36.4 Å². The molecule has 4 nitrogen and oxygen atoms in total. The number of nitrogens with zero attached hydrogens (tertiary/aromatic N) is 3. The third-order valence-electron chi connectivity index (χ3n) is 7.38. The van der Waals surface area contributed by atoms with Crippen molar-refractivity contribution in [2.45, 2.75) is 30.7 Å². The largest absolute Gasteiger partial charge is 0.416 e. The molecule has 0 spiro atoms. The molecule has 0 aromatic heterocycles. The molecular weight excluding hydrogens is 599 g/mol. The van der Waals surface area contributed by atoms with Crippen LogP contribution in [0.3, 0.4) is 0 Å². The van der Waals surface area contributed by atoms with E-state index < -0.39 is 35.0 Å². The molecule has 1 atom stereocenters. The van der Waals surface area contributed by atoms with Crippen molar-refractivity contribution in [2.75, 3.05) is 57.8 Å². The zero-order valence-corrected chi connectivity index (χ0v) is 24.0. The van der Waals surface area contributed by atoms with E-state index in [2.05, 4.69) is 9.80 Å². The van der Waals surface area contributed by atoms with Gasteiger partial charge in [0.15, 0.2) is 0 Å². The van der Waals surface area contributed by atoms with Gasteiger partial charge in [-0.1, -0.05) is 29.3 Å². The van der Waals surface area contributed by atoms with E-state index >= 15 is 0 Å². The highest BCUT2D eigenvalue weighted by molar-refractivity contribution is 7.99. The highest BCUT2D eigenvalue weighted by atomic mass is 35.5. The van der Waals surface area contributed by atoms with Crippen LogP contribution in [0.25, 0.3) is 0 Å². The highest BCUT2D eigenvalue weighted by Gasteiger charge is 2.38. The second kappa shape index (κ2) is 12.7. The number of hydrogen-bond donors (Lipinski definition) is 0. The lowest BCUT2D eigenvalue weighted by atomic mass is 9.93. The zero-order valence-electron chi connectivity index (χ0n) is 21.7. The van der Waals surface area contributed by atoms with Crippen molar-refractivity contribution in [1.29, 1.82) is 0 Å². The van der Waals surface area contributed by atoms with Gasteiger partial charge in [0.1, 0.15) is 0 Å². The minimum absolute atomic E-state index is 0.0123. The fourth-order valence-electron chi connectivity index (χ4n) is 5.08. The van der Waals surface area contributed by atoms with Gasteiger partial charge in [-0.15, -0.1) is 0 Å². The van der Waals surface area contributed by atoms with Crippen LogP contribution >= 0.6 is 35.0 Å². The predicted octanol–water partition coefficient (Wildman–Crippen LogP) is 7.01. The average molecular weight is 629 g/mol. The summed E-state index contributed by atoms with van der Waals surface area (Å²) >= 11 is 14.3. The van der Waals surface area contributed by atoms with E-state index in [1.807, 2.05) is 11.8 Å². The Hall–Kier alpha value is -1.66. The number of halogens is 8. The van der Waals surface area contributed by atoms with E-state index in [1.165, 1.54) is 7.05 Å². The summed E-state index contributed by atoms with van der Waals surface area (Å²) in [6, 6.07) is 6.53. The fraction of sp³-hybridized carbons (Fsp3) is 0.519. The fourth-order valence-corrected chi connectivity index (χ4v) is 6.32. The lowest BCUT2D eigenvalue weighted by Crippen LogP contribution is -2.61. The summed E-state index contributed by atoms with van der Waals surface area (Å²) in [7, 11) is 1.37. The molecule has 0 radical (unpaired) electrons. The number of hydrogen-bond acceptors (Lipinski definition) is 4. The maximum atomic E-state index is 13.3. The monoisotopic (exact) mass is 627 g/mol. The summed E-state index contributed by atoms with van der Waals surface area (Å²) in [5.41, 5.74) is -2.96. The van der Waals surface area contributed by atoms with E-state index in [4.69, 9.17) is 23.2 Å². The Labute approximate surface area is 243 Å². The molecule has 2 aliphatic heterocycles. The van der Waals surface area contributed by atoms with Crippen LogP contribution in [0.1, 0.15) is 39.4 Å². The van der Waals surface area contributed by atoms with Crippen molar-refractivity contribution >= 4 is 40.9 Å². The highest BCUT2D eigenvalue weighted by Crippen LogP contribution is 2.37. The second-order valence-electron chi connectivity index (χ2n) is 10.2. The Kier molecular flexibility index (Phi) is 9.92. The van der Waals surface area contributed by atoms with Crippen molar-refractivity contribution in [3.8, 4) is 0 Å². The molecule has 1 unspecified atom stereocenters. The number of benzene rings is 2. The Morgan fingerprint density at radius 3 is 2.12 bits per heavy atom. The lowest BCUT2D eigenvalue weighted by molar-refractivity contribution is -0.143. The first-order chi connectivity index (χ1) is 18.7. The normalized spacial score (nSPS) is 18.4. The van der Waals surface area contributed by atoms with Gasteiger partial charge in [-0.2, -0.15) is 38.1 Å². The summed E-state index contributed by atoms with van der Waals surface area (Å²) in [6.45, 7) is 4.79. The first-order valence-electron chi connectivity index (χ1n) is 12.8. The number of carbonyl (C=O) groups is 1. The topological polar surface area (TPSA) is 26.8 Å². The van der Waals surface area contributed by atoms with Gasteiger partial charge in [0.25, 0.3) is 5.91 Å². The number of rotatable bonds is 8. The molecule has 2 fully saturated rings. The number of thioether (sulfide) groups is 1. The standard InChI is InChI=1S/C27H29Cl2F6N3OS/c1-36(25(39)19-10-20(26(30,31)32)13-21(11-19)27(33,34)35)14-18(17-2-3-23(28)24(29)12-17)4-5-37-15-22(16-37)38-6-8-40-9-7-38/h2-3,10-13,18,22H,4-9,14-16H2,1H3. The van der Waals surface area contributed by atoms with Crippen LogP contribution in [0.5, 0.6) is 0 Å². The summed E-state index contributed by atoms with van der Waals surface area (Å²) in [4.78, 5) is 19.1. The third kappa shape index (κ3) is 7.79. The first kappa shape index (κ1) is 31.3. The van der Waals surface area contributed by atoms with Crippen LogP contribution in [-0.2, 0) is 12.4 Å². The Morgan fingerprint density at radius 2 is 1.57 bits per heavy atom. The summed E-state index contributed by atoms with van der Waals surface area (Å²) in [5, 5.41) is 0.667. The quantitative estimate of drug-likeness (QED) is 0.294. The summed E-state index contributed by atoms with van der Waals surface area (Å²) in [6.07, 6.45) is -9.48. The van der Waals surface area contributed by atoms with E-state index in [0.29, 0.717) is 41.2 Å². The van der Waals surface area contributed by atoms with Gasteiger partial charge in [-0.25, -0.2) is 0 Å². The van der Waals surface area contributed by atoms with E-state index in [0.717, 1.165) is 48.1 Å². The average Bonchev–Trinajstić information content (AvgIpc) is 2.87. The molecule has 2 aromatic carbocycles. The molecule has 220 valence electrons. The minimum Gasteiger partial charge on any atom is -0.341 e. The molecule has 1 amide bonds. The molecule has 0 N–H and O–H groups in total. The van der Waals surface area contributed by atoms with Gasteiger partial charge in [-0.05, 0) is 48.9 Å². The van der Waals surface area contributed by atoms with Gasteiger partial charge in [-0.3, -0.25) is 9.69 Å². The van der Waals surface area contributed by atoms with Crippen LogP contribution < -0.4 is 0 Å². The van der Waals surface area contributed by atoms with Crippen LogP contribution in [0.4, 0.5) is 26.3 Å². The second-order valence-corrected chi connectivity index (χ2v) is 12.2. The third-order valence-corrected chi connectivity index (χ3v) is 9.07. The molecule has 2 aliphatic rings. The SMILES string of the molecule is CN(CC(CCN1CC(N2CCSCC2)C1)c1ccc(Cl)c(Cl)c1)C(=O)c1cc(C(F)(F)F)cc(C(F)(F)F)c1. The number of alkyl halides is 6. The van der Waals surface area contributed by atoms with E-state index in [-0.39, 0.29) is 18.5 Å². The number of amides is 1. The molecular formula is C27H29Cl2F6N3OS. The molecule has 13 heteroatoms. The predicted molar refractivity (Wildman–Crippen MR) is 146 cm³/mol. The molecule has 40 heavy (non-hydrogen) atoms. The maximum Gasteiger partial charge on any atom is 0.416 e. The molecule has 2 aromatic rings. The van der Waals surface area contributed by atoms with Crippen LogP contribution in [-0.4, -0.2) is 84.5 Å². The van der Waals surface area contributed by atoms with Crippen molar-refractivity contribution in [2.24, 2.45) is 0 Å². The smallest absolute Gasteiger partial charge is 0.341 e. The van der Waals surface area contributed by atoms with Gasteiger partial charge in [0.2, 0.25) is 0 Å². The number of carbonyl (C=O) groups excluding carboxylic acids is 1. The van der Waals surface area contributed by atoms with Crippen molar-refractivity contribution < 1.29 is 31.1 Å². The Bertz CT molecular complexity index is 1170. The number of likely N-dealkylation sites (tertiary alicyclic amines) is 1. The zero-order chi connectivity index (χ0) is 29.2. The molecule has 4 rings (SSSR count). The first-order valence-corrected chi connectivity index (χ1v) is 14.7. The Morgan fingerprint density at radius 1 is 0.975 bits per heavy atom. The molecule has 0 aliphatic carbocycles. The summed E-state index contributed by atoms with van der Waals surface area (Å²) in [5.74, 6) is 1.05. The minimum atomic E-state index is -5.04. The molecule has 2 heterocycles. The van der Waals surface area contributed by atoms with Gasteiger partial charge >= 0.3 is 12.4 Å². The molecule has 2 saturated heterocycles.